The molecule has 0 fully saturated rings. The molecule has 1 aliphatic rings. The van der Waals surface area contributed by atoms with E-state index in [1.165, 1.54) is 12.1 Å². The first kappa shape index (κ1) is 28.5. The van der Waals surface area contributed by atoms with Gasteiger partial charge < -0.3 is 32.7 Å². The lowest BCUT2D eigenvalue weighted by molar-refractivity contribution is -0.384. The van der Waals surface area contributed by atoms with Crippen molar-refractivity contribution in [1.82, 2.24) is 16.0 Å². The van der Waals surface area contributed by atoms with E-state index in [9.17, 15) is 29.3 Å². The van der Waals surface area contributed by atoms with E-state index in [2.05, 4.69) is 21.3 Å². The lowest BCUT2D eigenvalue weighted by Gasteiger charge is -2.28. The zero-order valence-corrected chi connectivity index (χ0v) is 20.5. The van der Waals surface area contributed by atoms with Gasteiger partial charge in [0.15, 0.2) is 0 Å². The third kappa shape index (κ3) is 7.63. The number of nitrogens with two attached hydrogens (primary N) is 2. The number of benzene rings is 1. The maximum Gasteiger partial charge on any atom is 0.270 e. The van der Waals surface area contributed by atoms with E-state index in [-0.39, 0.29) is 42.2 Å². The number of nitrogens with zero attached hydrogens (tertiary/aromatic N) is 1. The molecule has 36 heavy (non-hydrogen) atoms. The normalized spacial score (nSPS) is 22.1. The molecule has 3 unspecified atom stereocenters. The summed E-state index contributed by atoms with van der Waals surface area (Å²) in [5.41, 5.74) is 11.0. The second-order valence-corrected chi connectivity index (χ2v) is 8.85. The monoisotopic (exact) mass is 505 g/mol. The predicted molar refractivity (Wildman–Crippen MR) is 133 cm³/mol. The summed E-state index contributed by atoms with van der Waals surface area (Å²) in [5.74, 6) is -2.91. The van der Waals surface area contributed by atoms with Gasteiger partial charge in [-0.3, -0.25) is 29.3 Å². The summed E-state index contributed by atoms with van der Waals surface area (Å²) in [6.45, 7) is 4.16. The highest BCUT2D eigenvalue weighted by atomic mass is 16.6. The number of unbranched alkanes of at least 4 members (excludes halogenated alkanes) is 1. The zero-order chi connectivity index (χ0) is 26.8. The van der Waals surface area contributed by atoms with E-state index in [1.807, 2.05) is 6.92 Å². The molecule has 1 aromatic carbocycles. The molecule has 0 aromatic heterocycles. The molecule has 8 N–H and O–H groups in total. The lowest BCUT2D eigenvalue weighted by Crippen LogP contribution is -2.58. The van der Waals surface area contributed by atoms with Gasteiger partial charge >= 0.3 is 0 Å². The van der Waals surface area contributed by atoms with Crippen LogP contribution in [0.15, 0.2) is 18.2 Å². The van der Waals surface area contributed by atoms with E-state index in [0.717, 1.165) is 6.07 Å². The number of carbonyl (C=O) groups excluding carboxylic acids is 4. The Morgan fingerprint density at radius 1 is 1.17 bits per heavy atom. The Bertz CT molecular complexity index is 986. The van der Waals surface area contributed by atoms with Crippen molar-refractivity contribution in [1.29, 1.82) is 0 Å². The van der Waals surface area contributed by atoms with Gasteiger partial charge in [-0.1, -0.05) is 20.3 Å². The summed E-state index contributed by atoms with van der Waals surface area (Å²) in [6.07, 6.45) is 2.07. The zero-order valence-electron chi connectivity index (χ0n) is 20.5. The largest absolute Gasteiger partial charge is 0.384 e. The Hall–Kier alpha value is -3.74. The van der Waals surface area contributed by atoms with E-state index in [4.69, 9.17) is 11.5 Å². The third-order valence-corrected chi connectivity index (χ3v) is 6.23. The molecule has 0 saturated heterocycles. The van der Waals surface area contributed by atoms with Gasteiger partial charge in [0.05, 0.1) is 10.5 Å². The second kappa shape index (κ2) is 13.4. The Labute approximate surface area is 209 Å². The van der Waals surface area contributed by atoms with Crippen LogP contribution in [-0.4, -0.2) is 59.8 Å². The number of fused-ring (bicyclic) bond motifs is 1. The van der Waals surface area contributed by atoms with Crippen LogP contribution in [-0.2, 0) is 14.4 Å². The van der Waals surface area contributed by atoms with Crippen molar-refractivity contribution < 1.29 is 24.1 Å². The number of hydrogen-bond donors (Lipinski definition) is 6. The number of non-ortho nitro benzene ring substituents is 1. The van der Waals surface area contributed by atoms with Crippen LogP contribution in [0.4, 0.5) is 11.4 Å². The van der Waals surface area contributed by atoms with Gasteiger partial charge in [0, 0.05) is 24.4 Å². The van der Waals surface area contributed by atoms with Gasteiger partial charge in [-0.2, -0.15) is 0 Å². The van der Waals surface area contributed by atoms with Crippen molar-refractivity contribution in [3.05, 3.63) is 33.9 Å². The molecule has 0 saturated carbocycles. The van der Waals surface area contributed by atoms with Gasteiger partial charge in [-0.05, 0) is 44.2 Å². The van der Waals surface area contributed by atoms with E-state index in [1.54, 1.807) is 6.92 Å². The number of nitro groups is 1. The third-order valence-electron chi connectivity index (χ3n) is 6.23. The minimum absolute atomic E-state index is 0.0264. The van der Waals surface area contributed by atoms with Gasteiger partial charge in [0.1, 0.15) is 18.1 Å². The smallest absolute Gasteiger partial charge is 0.270 e. The second-order valence-electron chi connectivity index (χ2n) is 8.85. The Kier molecular flexibility index (Phi) is 10.6. The van der Waals surface area contributed by atoms with Crippen LogP contribution >= 0.6 is 0 Å². The highest BCUT2D eigenvalue weighted by Gasteiger charge is 2.32. The van der Waals surface area contributed by atoms with Crippen molar-refractivity contribution in [3.8, 4) is 0 Å². The van der Waals surface area contributed by atoms with Gasteiger partial charge in [-0.25, -0.2) is 0 Å². The fraction of sp³-hybridized carbons (Fsp3) is 0.565. The van der Waals surface area contributed by atoms with Gasteiger partial charge in [0.25, 0.3) is 11.6 Å². The van der Waals surface area contributed by atoms with Crippen molar-refractivity contribution in [3.63, 3.8) is 0 Å². The molecule has 13 heteroatoms. The number of rotatable bonds is 8. The van der Waals surface area contributed by atoms with Crippen LogP contribution in [0.5, 0.6) is 0 Å². The molecule has 4 atom stereocenters. The first-order valence-electron chi connectivity index (χ1n) is 12.0. The maximum absolute atomic E-state index is 13.3. The average Bonchev–Trinajstić information content (AvgIpc) is 2.84. The standard InChI is InChI=1S/C23H35N7O6/c1-3-13(2)19-23(34)28-18(6-4-5-10-24)22(33)27-17(20(25)31)9-11-26-16-8-7-14(30(35)36)12-15(16)21(32)29-19/h7-8,12-13,17-19,26H,3-6,9-11,24H2,1-2H3,(H2,25,31)(H,27,33)(H,28,34)(H,29,32)/t13?,17?,18?,19-/m0/s1. The van der Waals surface area contributed by atoms with Crippen LogP contribution in [0.25, 0.3) is 0 Å². The van der Waals surface area contributed by atoms with Crippen molar-refractivity contribution in [2.24, 2.45) is 17.4 Å². The van der Waals surface area contributed by atoms with Crippen LogP contribution < -0.4 is 32.7 Å². The number of hydrogen-bond acceptors (Lipinski definition) is 8. The number of anilines is 1. The van der Waals surface area contributed by atoms with Crippen LogP contribution in [0, 0.1) is 16.0 Å². The molecule has 2 rings (SSSR count). The van der Waals surface area contributed by atoms with Gasteiger partial charge in [0.2, 0.25) is 17.7 Å². The SMILES string of the molecule is CCC(C)[C@@H]1NC(=O)c2cc([N+](=O)[O-])ccc2NCCC(C(N)=O)NC(=O)C(CCCCN)NC1=O. The number of nitrogens with one attached hydrogen (secondary N) is 4. The van der Waals surface area contributed by atoms with E-state index in [0.29, 0.717) is 25.8 Å². The highest BCUT2D eigenvalue weighted by molar-refractivity contribution is 6.03. The Balaban J connectivity index is 2.50. The molecule has 198 valence electrons. The summed E-state index contributed by atoms with van der Waals surface area (Å²) in [7, 11) is 0. The fourth-order valence-electron chi connectivity index (χ4n) is 3.84. The average molecular weight is 506 g/mol. The van der Waals surface area contributed by atoms with Crippen molar-refractivity contribution >= 4 is 35.0 Å². The molecule has 0 radical (unpaired) electrons. The predicted octanol–water partition coefficient (Wildman–Crippen LogP) is 0.139. The van der Waals surface area contributed by atoms with Crippen LogP contribution in [0.1, 0.15) is 56.3 Å². The number of nitro benzene ring substituents is 1. The molecule has 4 amide bonds. The molecule has 0 bridgehead atoms. The highest BCUT2D eigenvalue weighted by Crippen LogP contribution is 2.23. The summed E-state index contributed by atoms with van der Waals surface area (Å²) in [5, 5.41) is 22.3. The topological polar surface area (TPSA) is 212 Å². The Morgan fingerprint density at radius 2 is 1.89 bits per heavy atom. The fourth-order valence-corrected chi connectivity index (χ4v) is 3.84. The summed E-state index contributed by atoms with van der Waals surface area (Å²) < 4.78 is 0. The van der Waals surface area contributed by atoms with Crippen LogP contribution in [0.3, 0.4) is 0 Å². The molecule has 1 aliphatic heterocycles. The Morgan fingerprint density at radius 3 is 2.50 bits per heavy atom. The molecule has 1 aromatic rings. The van der Waals surface area contributed by atoms with Crippen LogP contribution in [0.2, 0.25) is 0 Å². The van der Waals surface area contributed by atoms with Crippen molar-refractivity contribution in [2.75, 3.05) is 18.4 Å². The number of carbonyl (C=O) groups is 4. The van der Waals surface area contributed by atoms with E-state index < -0.39 is 46.7 Å². The first-order chi connectivity index (χ1) is 17.1. The summed E-state index contributed by atoms with van der Waals surface area (Å²) in [4.78, 5) is 62.2. The quantitative estimate of drug-likeness (QED) is 0.162. The minimum atomic E-state index is -1.04. The summed E-state index contributed by atoms with van der Waals surface area (Å²) in [6, 6.07) is 0.705. The minimum Gasteiger partial charge on any atom is -0.384 e. The molecule has 13 nitrogen and oxygen atoms in total. The molecular weight excluding hydrogens is 470 g/mol. The lowest BCUT2D eigenvalue weighted by atomic mass is 9.96. The van der Waals surface area contributed by atoms with E-state index >= 15 is 0 Å². The van der Waals surface area contributed by atoms with Crippen molar-refractivity contribution in [2.45, 2.75) is 64.1 Å². The molecule has 0 aliphatic carbocycles. The number of primary amides is 1. The number of amides is 4. The summed E-state index contributed by atoms with van der Waals surface area (Å²) >= 11 is 0. The van der Waals surface area contributed by atoms with Gasteiger partial charge in [-0.15, -0.1) is 0 Å². The molecule has 0 spiro atoms. The first-order valence-corrected chi connectivity index (χ1v) is 12.0. The maximum atomic E-state index is 13.3. The molecular formula is C23H35N7O6. The molecule has 1 heterocycles.